The van der Waals surface area contributed by atoms with E-state index in [0.717, 1.165) is 11.1 Å². The molecule has 39 heavy (non-hydrogen) atoms. The number of aromatic nitrogens is 5. The zero-order valence-electron chi connectivity index (χ0n) is 23.3. The summed E-state index contributed by atoms with van der Waals surface area (Å²) in [6.45, 7) is 15.5. The molecule has 0 spiro atoms. The van der Waals surface area contributed by atoms with Gasteiger partial charge in [-0.2, -0.15) is 15.1 Å². The van der Waals surface area contributed by atoms with Crippen molar-refractivity contribution >= 4 is 40.8 Å². The molecule has 0 saturated carbocycles. The lowest BCUT2D eigenvalue weighted by Crippen LogP contribution is -2.42. The molecule has 1 unspecified atom stereocenters. The average molecular weight is 561 g/mol. The Morgan fingerprint density at radius 3 is 2.44 bits per heavy atom. The maximum Gasteiger partial charge on any atom is 0.431 e. The summed E-state index contributed by atoms with van der Waals surface area (Å²) in [7, 11) is 1.58. The van der Waals surface area contributed by atoms with Gasteiger partial charge in [-0.05, 0) is 48.5 Å². The van der Waals surface area contributed by atoms with Gasteiger partial charge >= 0.3 is 12.2 Å². The topological polar surface area (TPSA) is 142 Å². The Morgan fingerprint density at radius 1 is 1.21 bits per heavy atom. The van der Waals surface area contributed by atoms with Crippen molar-refractivity contribution in [3.63, 3.8) is 0 Å². The minimum atomic E-state index is -1.12. The van der Waals surface area contributed by atoms with Gasteiger partial charge < -0.3 is 19.3 Å². The van der Waals surface area contributed by atoms with Crippen molar-refractivity contribution in [2.75, 3.05) is 12.0 Å². The molecule has 0 aliphatic rings. The Morgan fingerprint density at radius 2 is 1.87 bits per heavy atom. The van der Waals surface area contributed by atoms with Gasteiger partial charge in [-0.15, -0.1) is 4.90 Å². The largest absolute Gasteiger partial charge is 0.496 e. The van der Waals surface area contributed by atoms with Gasteiger partial charge in [-0.25, -0.2) is 14.3 Å². The Bertz CT molecular complexity index is 1430. The van der Waals surface area contributed by atoms with Crippen LogP contribution in [0, 0.1) is 13.8 Å². The molecule has 0 radical (unpaired) electrons. The number of allylic oxidation sites excluding steroid dienone is 1. The number of hydrogen-bond acceptors (Lipinski definition) is 10. The van der Waals surface area contributed by atoms with Gasteiger partial charge in [0.2, 0.25) is 5.95 Å². The standard InChI is InChI=1S/C26H33ClN6O6/c1-13(2)38-24(35)33(25(36)39-26(6,7)8)23-29-21(27)19-17(10-15(4)34)31-32(22(19)30-23)12-18-16(5)20(37-9)14(3)11-28-18/h11,15,34H,1,10,12H2,2-9H3. The highest BCUT2D eigenvalue weighted by Gasteiger charge is 2.34. The predicted molar refractivity (Wildman–Crippen MR) is 145 cm³/mol. The first-order chi connectivity index (χ1) is 18.1. The number of nitrogens with zero attached hydrogens (tertiary/aromatic N) is 6. The summed E-state index contributed by atoms with van der Waals surface area (Å²) >= 11 is 6.59. The molecule has 0 aliphatic carbocycles. The van der Waals surface area contributed by atoms with Crippen LogP contribution in [0.4, 0.5) is 15.5 Å². The Hall–Kier alpha value is -3.77. The third kappa shape index (κ3) is 6.82. The number of carbonyl (C=O) groups excluding carboxylic acids is 2. The molecule has 3 rings (SSSR count). The van der Waals surface area contributed by atoms with Crippen LogP contribution in [0.2, 0.25) is 5.15 Å². The highest BCUT2D eigenvalue weighted by molar-refractivity contribution is 6.34. The second-order valence-electron chi connectivity index (χ2n) is 10.1. The molecule has 1 atom stereocenters. The number of anilines is 1. The summed E-state index contributed by atoms with van der Waals surface area (Å²) in [6.07, 6.45) is -1.09. The highest BCUT2D eigenvalue weighted by atomic mass is 35.5. The van der Waals surface area contributed by atoms with Gasteiger partial charge in [0.15, 0.2) is 5.65 Å². The SMILES string of the molecule is C=C(C)OC(=O)N(C(=O)OC(C)(C)C)c1nc(Cl)c2c(CC(C)O)nn(Cc3ncc(C)c(OC)c3C)c2n1. The van der Waals surface area contributed by atoms with E-state index in [2.05, 4.69) is 26.6 Å². The van der Waals surface area contributed by atoms with Crippen molar-refractivity contribution in [1.82, 2.24) is 24.7 Å². The van der Waals surface area contributed by atoms with E-state index in [0.29, 0.717) is 27.4 Å². The molecule has 1 N–H and O–H groups in total. The van der Waals surface area contributed by atoms with Crippen LogP contribution in [0.25, 0.3) is 11.0 Å². The van der Waals surface area contributed by atoms with Crippen molar-refractivity contribution < 1.29 is 28.9 Å². The zero-order valence-corrected chi connectivity index (χ0v) is 24.1. The van der Waals surface area contributed by atoms with Gasteiger partial charge in [-0.1, -0.05) is 18.2 Å². The van der Waals surface area contributed by atoms with Gasteiger partial charge in [0.1, 0.15) is 16.5 Å². The summed E-state index contributed by atoms with van der Waals surface area (Å²) in [6, 6.07) is 0. The Balaban J connectivity index is 2.24. The number of aliphatic hydroxyl groups is 1. The third-order valence-corrected chi connectivity index (χ3v) is 5.64. The van der Waals surface area contributed by atoms with Gasteiger partial charge in [0, 0.05) is 23.7 Å². The first-order valence-electron chi connectivity index (χ1n) is 12.1. The van der Waals surface area contributed by atoms with Crippen molar-refractivity contribution in [1.29, 1.82) is 0 Å². The summed E-state index contributed by atoms with van der Waals surface area (Å²) < 4.78 is 17.5. The fourth-order valence-corrected chi connectivity index (χ4v) is 4.10. The van der Waals surface area contributed by atoms with Crippen LogP contribution < -0.4 is 9.64 Å². The Labute approximate surface area is 231 Å². The number of carbonyl (C=O) groups is 2. The molecule has 3 aromatic rings. The second-order valence-corrected chi connectivity index (χ2v) is 10.5. The van der Waals surface area contributed by atoms with E-state index >= 15 is 0 Å². The number of ether oxygens (including phenoxy) is 3. The third-order valence-electron chi connectivity index (χ3n) is 5.37. The van der Waals surface area contributed by atoms with Gasteiger partial charge in [0.05, 0.1) is 42.3 Å². The lowest BCUT2D eigenvalue weighted by atomic mass is 10.1. The van der Waals surface area contributed by atoms with Crippen molar-refractivity contribution in [2.24, 2.45) is 0 Å². The average Bonchev–Trinajstić information content (AvgIpc) is 3.11. The summed E-state index contributed by atoms with van der Waals surface area (Å²) in [5, 5.41) is 15.0. The summed E-state index contributed by atoms with van der Waals surface area (Å²) in [5.41, 5.74) is 2.02. The maximum absolute atomic E-state index is 13.1. The molecule has 0 bridgehead atoms. The number of aliphatic hydroxyl groups excluding tert-OH is 1. The van der Waals surface area contributed by atoms with E-state index in [1.54, 1.807) is 41.0 Å². The van der Waals surface area contributed by atoms with Gasteiger partial charge in [-0.3, -0.25) is 4.98 Å². The normalized spacial score (nSPS) is 12.3. The number of amides is 2. The molecular formula is C26H33ClN6O6. The number of rotatable bonds is 7. The number of imide groups is 1. The summed E-state index contributed by atoms with van der Waals surface area (Å²) in [4.78, 5) is 39.8. The van der Waals surface area contributed by atoms with Crippen LogP contribution in [0.3, 0.4) is 0 Å². The number of fused-ring (bicyclic) bond motifs is 1. The molecule has 3 heterocycles. The van der Waals surface area contributed by atoms with Crippen LogP contribution >= 0.6 is 11.6 Å². The molecule has 0 aromatic carbocycles. The predicted octanol–water partition coefficient (Wildman–Crippen LogP) is 4.88. The first kappa shape index (κ1) is 29.8. The van der Waals surface area contributed by atoms with Crippen molar-refractivity contribution in [2.45, 2.75) is 73.1 Å². The van der Waals surface area contributed by atoms with E-state index in [1.165, 1.54) is 11.6 Å². The fraction of sp³-hybridized carbons (Fsp3) is 0.462. The van der Waals surface area contributed by atoms with Crippen LogP contribution in [-0.2, 0) is 22.4 Å². The van der Waals surface area contributed by atoms with Crippen LogP contribution in [-0.4, -0.2) is 60.8 Å². The van der Waals surface area contributed by atoms with E-state index in [4.69, 9.17) is 25.8 Å². The number of pyridine rings is 1. The van der Waals surface area contributed by atoms with E-state index in [1.807, 2.05) is 13.8 Å². The minimum Gasteiger partial charge on any atom is -0.496 e. The van der Waals surface area contributed by atoms with Crippen LogP contribution in [0.5, 0.6) is 5.75 Å². The van der Waals surface area contributed by atoms with Crippen LogP contribution in [0.1, 0.15) is 57.1 Å². The quantitative estimate of drug-likeness (QED) is 0.313. The fourth-order valence-electron chi connectivity index (χ4n) is 3.83. The molecule has 2 amide bonds. The molecule has 210 valence electrons. The number of hydrogen-bond donors (Lipinski definition) is 1. The lowest BCUT2D eigenvalue weighted by Gasteiger charge is -2.24. The van der Waals surface area contributed by atoms with E-state index < -0.39 is 23.9 Å². The van der Waals surface area contributed by atoms with Crippen LogP contribution in [0.15, 0.2) is 18.5 Å². The molecule has 0 aliphatic heterocycles. The molecule has 13 heteroatoms. The second kappa shape index (κ2) is 11.5. The smallest absolute Gasteiger partial charge is 0.431 e. The van der Waals surface area contributed by atoms with Gasteiger partial charge in [0.25, 0.3) is 0 Å². The van der Waals surface area contributed by atoms with Crippen molar-refractivity contribution in [3.05, 3.63) is 46.2 Å². The molecule has 12 nitrogen and oxygen atoms in total. The maximum atomic E-state index is 13.1. The number of methoxy groups -OCH3 is 1. The number of aryl methyl sites for hydroxylation is 1. The van der Waals surface area contributed by atoms with E-state index in [-0.39, 0.29) is 35.5 Å². The Kier molecular flexibility index (Phi) is 8.81. The monoisotopic (exact) mass is 560 g/mol. The molecule has 0 saturated heterocycles. The number of halogens is 1. The highest BCUT2D eigenvalue weighted by Crippen LogP contribution is 2.30. The molecular weight excluding hydrogens is 528 g/mol. The lowest BCUT2D eigenvalue weighted by molar-refractivity contribution is 0.0575. The minimum absolute atomic E-state index is 0.0415. The molecule has 3 aromatic heterocycles. The van der Waals surface area contributed by atoms with Crippen molar-refractivity contribution in [3.8, 4) is 5.75 Å². The molecule has 0 fully saturated rings. The van der Waals surface area contributed by atoms with E-state index in [9.17, 15) is 14.7 Å². The zero-order chi connectivity index (χ0) is 29.2. The summed E-state index contributed by atoms with van der Waals surface area (Å²) in [5.74, 6) is 0.344. The first-order valence-corrected chi connectivity index (χ1v) is 12.5.